The highest BCUT2D eigenvalue weighted by Gasteiger charge is 2.15. The molecule has 0 aliphatic carbocycles. The molecule has 0 saturated heterocycles. The average molecular weight is 298 g/mol. The summed E-state index contributed by atoms with van der Waals surface area (Å²) in [5.41, 5.74) is 1.86. The van der Waals surface area contributed by atoms with E-state index in [1.807, 2.05) is 6.07 Å². The summed E-state index contributed by atoms with van der Waals surface area (Å²) in [5.74, 6) is -0.396. The van der Waals surface area contributed by atoms with Gasteiger partial charge in [-0.05, 0) is 23.8 Å². The summed E-state index contributed by atoms with van der Waals surface area (Å²) in [6, 6.07) is 14.9. The summed E-state index contributed by atoms with van der Waals surface area (Å²) in [6.07, 6.45) is 0. The lowest BCUT2D eigenvalue weighted by Crippen LogP contribution is -2.37. The number of halogens is 1. The lowest BCUT2D eigenvalue weighted by atomic mass is 10.2. The Morgan fingerprint density at radius 1 is 1.10 bits per heavy atom. The molecule has 0 radical (unpaired) electrons. The first kappa shape index (κ1) is 15.3. The monoisotopic (exact) mass is 298 g/mol. The van der Waals surface area contributed by atoms with Gasteiger partial charge in [-0.3, -0.25) is 0 Å². The lowest BCUT2D eigenvalue weighted by Gasteiger charge is -2.17. The van der Waals surface area contributed by atoms with Crippen molar-refractivity contribution in [2.75, 3.05) is 5.32 Å². The van der Waals surface area contributed by atoms with Crippen molar-refractivity contribution >= 4 is 18.9 Å². The molecule has 0 fully saturated rings. The maximum absolute atomic E-state index is 13.8. The molecule has 0 heterocycles. The van der Waals surface area contributed by atoms with Crippen molar-refractivity contribution in [3.63, 3.8) is 0 Å². The topological polar surface area (TPSA) is 35.8 Å². The number of nitrogens with one attached hydrogen (secondary N) is 1. The van der Waals surface area contributed by atoms with E-state index in [0.29, 0.717) is 17.8 Å². The number of nitrogens with zero attached hydrogens (tertiary/aromatic N) is 1. The summed E-state index contributed by atoms with van der Waals surface area (Å²) < 4.78 is 13.8. The van der Waals surface area contributed by atoms with Gasteiger partial charge in [0.1, 0.15) is 5.82 Å². The summed E-state index contributed by atoms with van der Waals surface area (Å²) in [6.45, 7) is 7.50. The molecule has 0 saturated carbocycles. The number of anilines is 1. The van der Waals surface area contributed by atoms with Gasteiger partial charge in [0.15, 0.2) is 0 Å². The third kappa shape index (κ3) is 3.93. The molecule has 1 N–H and O–H groups in total. The molecule has 0 atom stereocenters. The van der Waals surface area contributed by atoms with Crippen LogP contribution < -0.4 is 10.5 Å². The van der Waals surface area contributed by atoms with Crippen LogP contribution in [-0.4, -0.2) is 8.07 Å². The molecular formula is C17H19FN2Si. The standard InChI is InChI=1S/C17H19FN2Si/c1-21(2,3)15-7-4-13(5-8-15)12-20-17-9-6-14(11-19)10-16(17)18/h4-10,20H,12H2,1-3H3. The van der Waals surface area contributed by atoms with Crippen LogP contribution in [0.1, 0.15) is 11.1 Å². The molecule has 108 valence electrons. The molecule has 0 bridgehead atoms. The molecule has 2 aromatic carbocycles. The van der Waals surface area contributed by atoms with Crippen molar-refractivity contribution in [1.29, 1.82) is 5.26 Å². The van der Waals surface area contributed by atoms with Gasteiger partial charge in [-0.2, -0.15) is 5.26 Å². The smallest absolute Gasteiger partial charge is 0.147 e. The molecule has 2 aromatic rings. The SMILES string of the molecule is C[Si](C)(C)c1ccc(CNc2ccc(C#N)cc2F)cc1. The van der Waals surface area contributed by atoms with E-state index >= 15 is 0 Å². The molecule has 2 rings (SSSR count). The highest BCUT2D eigenvalue weighted by Crippen LogP contribution is 2.16. The first-order valence-corrected chi connectivity index (χ1v) is 10.4. The number of rotatable bonds is 4. The lowest BCUT2D eigenvalue weighted by molar-refractivity contribution is 0.629. The first-order valence-electron chi connectivity index (χ1n) is 6.93. The van der Waals surface area contributed by atoms with Crippen molar-refractivity contribution in [2.45, 2.75) is 26.2 Å². The van der Waals surface area contributed by atoms with Crippen LogP contribution in [0.25, 0.3) is 0 Å². The Labute approximate surface area is 126 Å². The molecule has 0 amide bonds. The molecule has 0 spiro atoms. The van der Waals surface area contributed by atoms with Gasteiger partial charge in [0.05, 0.1) is 25.4 Å². The van der Waals surface area contributed by atoms with Gasteiger partial charge in [-0.15, -0.1) is 0 Å². The van der Waals surface area contributed by atoms with Crippen LogP contribution in [0.15, 0.2) is 42.5 Å². The van der Waals surface area contributed by atoms with Crippen molar-refractivity contribution in [1.82, 2.24) is 0 Å². The first-order chi connectivity index (χ1) is 9.90. The van der Waals surface area contributed by atoms with E-state index in [9.17, 15) is 4.39 Å². The second-order valence-electron chi connectivity index (χ2n) is 6.11. The van der Waals surface area contributed by atoms with Crippen LogP contribution in [0.3, 0.4) is 0 Å². The fourth-order valence-corrected chi connectivity index (χ4v) is 3.21. The molecule has 0 unspecified atom stereocenters. The highest BCUT2D eigenvalue weighted by molar-refractivity contribution is 6.88. The van der Waals surface area contributed by atoms with Crippen molar-refractivity contribution < 1.29 is 4.39 Å². The third-order valence-corrected chi connectivity index (χ3v) is 5.47. The van der Waals surface area contributed by atoms with Crippen LogP contribution in [0.5, 0.6) is 0 Å². The maximum Gasteiger partial charge on any atom is 0.147 e. The van der Waals surface area contributed by atoms with Gasteiger partial charge >= 0.3 is 0 Å². The molecule has 0 aliphatic heterocycles. The molecule has 21 heavy (non-hydrogen) atoms. The second-order valence-corrected chi connectivity index (χ2v) is 11.2. The minimum Gasteiger partial charge on any atom is -0.379 e. The van der Waals surface area contributed by atoms with E-state index in [1.165, 1.54) is 11.3 Å². The molecule has 0 aromatic heterocycles. The average Bonchev–Trinajstić information content (AvgIpc) is 2.45. The van der Waals surface area contributed by atoms with E-state index in [1.54, 1.807) is 12.1 Å². The zero-order valence-corrected chi connectivity index (χ0v) is 13.6. The predicted molar refractivity (Wildman–Crippen MR) is 87.9 cm³/mol. The summed E-state index contributed by atoms with van der Waals surface area (Å²) in [4.78, 5) is 0. The summed E-state index contributed by atoms with van der Waals surface area (Å²) in [5, 5.41) is 13.2. The van der Waals surface area contributed by atoms with Gasteiger partial charge in [0.25, 0.3) is 0 Å². The number of hydrogen-bond donors (Lipinski definition) is 1. The number of benzene rings is 2. The van der Waals surface area contributed by atoms with E-state index in [4.69, 9.17) is 5.26 Å². The molecular weight excluding hydrogens is 279 g/mol. The van der Waals surface area contributed by atoms with Crippen LogP contribution in [0, 0.1) is 17.1 Å². The van der Waals surface area contributed by atoms with Crippen molar-refractivity contribution in [2.24, 2.45) is 0 Å². The number of hydrogen-bond acceptors (Lipinski definition) is 2. The second kappa shape index (κ2) is 6.11. The fraction of sp³-hybridized carbons (Fsp3) is 0.235. The van der Waals surface area contributed by atoms with Crippen molar-refractivity contribution in [3.8, 4) is 6.07 Å². The molecule has 0 aliphatic rings. The van der Waals surface area contributed by atoms with Gasteiger partial charge in [-0.25, -0.2) is 4.39 Å². The van der Waals surface area contributed by atoms with E-state index in [2.05, 4.69) is 49.2 Å². The van der Waals surface area contributed by atoms with Crippen LogP contribution in [0.2, 0.25) is 19.6 Å². The van der Waals surface area contributed by atoms with E-state index < -0.39 is 13.9 Å². The predicted octanol–water partition coefficient (Wildman–Crippen LogP) is 3.85. The quantitative estimate of drug-likeness (QED) is 0.870. The van der Waals surface area contributed by atoms with Gasteiger partial charge in [-0.1, -0.05) is 49.1 Å². The van der Waals surface area contributed by atoms with Crippen LogP contribution >= 0.6 is 0 Å². The Bertz CT molecular complexity index is 667. The minimum atomic E-state index is -1.27. The highest BCUT2D eigenvalue weighted by atomic mass is 28.3. The Hall–Kier alpha value is -2.12. The summed E-state index contributed by atoms with van der Waals surface area (Å²) >= 11 is 0. The van der Waals surface area contributed by atoms with Gasteiger partial charge in [0, 0.05) is 6.54 Å². The zero-order valence-electron chi connectivity index (χ0n) is 12.6. The van der Waals surface area contributed by atoms with E-state index in [0.717, 1.165) is 5.56 Å². The molecule has 4 heteroatoms. The normalized spacial score (nSPS) is 11.0. The maximum atomic E-state index is 13.8. The number of nitriles is 1. The molecule has 2 nitrogen and oxygen atoms in total. The fourth-order valence-electron chi connectivity index (χ4n) is 2.05. The Morgan fingerprint density at radius 3 is 2.29 bits per heavy atom. The zero-order chi connectivity index (χ0) is 15.5. The Morgan fingerprint density at radius 2 is 1.76 bits per heavy atom. The summed E-state index contributed by atoms with van der Waals surface area (Å²) in [7, 11) is -1.27. The minimum absolute atomic E-state index is 0.331. The van der Waals surface area contributed by atoms with Gasteiger partial charge < -0.3 is 5.32 Å². The van der Waals surface area contributed by atoms with Crippen LogP contribution in [-0.2, 0) is 6.54 Å². The Balaban J connectivity index is 2.05. The van der Waals surface area contributed by atoms with Crippen molar-refractivity contribution in [3.05, 3.63) is 59.4 Å². The van der Waals surface area contributed by atoms with Gasteiger partial charge in [0.2, 0.25) is 0 Å². The van der Waals surface area contributed by atoms with Crippen LogP contribution in [0.4, 0.5) is 10.1 Å². The Kier molecular flexibility index (Phi) is 4.44. The largest absolute Gasteiger partial charge is 0.379 e. The third-order valence-electron chi connectivity index (χ3n) is 3.40. The van der Waals surface area contributed by atoms with E-state index in [-0.39, 0.29) is 0 Å².